The molecule has 2 rings (SSSR count). The van der Waals surface area contributed by atoms with Crippen LogP contribution in [0.25, 0.3) is 0 Å². The lowest BCUT2D eigenvalue weighted by Gasteiger charge is -2.18. The smallest absolute Gasteiger partial charge is 0.482 e. The molecule has 0 N–H and O–H groups in total. The Labute approximate surface area is 147 Å². The molecule has 0 aromatic heterocycles. The van der Waals surface area contributed by atoms with E-state index in [2.05, 4.69) is 4.74 Å². The van der Waals surface area contributed by atoms with Crippen LogP contribution in [0.5, 0.6) is 11.5 Å². The van der Waals surface area contributed by atoms with E-state index in [4.69, 9.17) is 16.3 Å². The van der Waals surface area contributed by atoms with E-state index in [9.17, 15) is 18.0 Å². The van der Waals surface area contributed by atoms with Crippen molar-refractivity contribution >= 4 is 17.5 Å². The van der Waals surface area contributed by atoms with Crippen LogP contribution in [0.3, 0.4) is 0 Å². The number of nitrogens with zero attached hydrogens (tertiary/aromatic N) is 1. The molecular formula is C17H15ClF3NO3. The quantitative estimate of drug-likeness (QED) is 0.758. The number of halogens is 4. The zero-order valence-corrected chi connectivity index (χ0v) is 14.0. The second-order valence-electron chi connectivity index (χ2n) is 5.16. The van der Waals surface area contributed by atoms with Crippen LogP contribution in [0.15, 0.2) is 48.5 Å². The first-order valence-corrected chi connectivity index (χ1v) is 7.58. The minimum Gasteiger partial charge on any atom is -0.482 e. The predicted molar refractivity (Wildman–Crippen MR) is 86.5 cm³/mol. The Morgan fingerprint density at radius 2 is 1.76 bits per heavy atom. The van der Waals surface area contributed by atoms with Gasteiger partial charge in [-0.1, -0.05) is 35.9 Å². The first-order chi connectivity index (χ1) is 11.7. The number of likely N-dealkylation sites (N-methyl/N-ethyl adjacent to an activating group) is 1. The van der Waals surface area contributed by atoms with Crippen LogP contribution in [0.4, 0.5) is 13.2 Å². The summed E-state index contributed by atoms with van der Waals surface area (Å²) < 4.78 is 45.5. The Kier molecular flexibility index (Phi) is 6.14. The molecule has 0 bridgehead atoms. The van der Waals surface area contributed by atoms with Crippen LogP contribution in [0.2, 0.25) is 5.02 Å². The van der Waals surface area contributed by atoms with Crippen molar-refractivity contribution in [1.82, 2.24) is 4.90 Å². The number of ether oxygens (including phenoxy) is 2. The summed E-state index contributed by atoms with van der Waals surface area (Å²) in [7, 11) is 1.57. The molecule has 0 spiro atoms. The number of amides is 1. The van der Waals surface area contributed by atoms with E-state index in [1.807, 2.05) is 0 Å². The molecule has 0 atom stereocenters. The fourth-order valence-corrected chi connectivity index (χ4v) is 2.16. The van der Waals surface area contributed by atoms with Crippen LogP contribution in [0, 0.1) is 0 Å². The molecule has 4 nitrogen and oxygen atoms in total. The summed E-state index contributed by atoms with van der Waals surface area (Å²) in [5, 5.41) is 0.401. The van der Waals surface area contributed by atoms with Crippen LogP contribution in [-0.2, 0) is 11.3 Å². The van der Waals surface area contributed by atoms with Gasteiger partial charge in [0, 0.05) is 13.6 Å². The highest BCUT2D eigenvalue weighted by Crippen LogP contribution is 2.24. The Morgan fingerprint density at radius 1 is 1.12 bits per heavy atom. The highest BCUT2D eigenvalue weighted by Gasteiger charge is 2.30. The highest BCUT2D eigenvalue weighted by atomic mass is 35.5. The van der Waals surface area contributed by atoms with Gasteiger partial charge in [-0.15, -0.1) is 13.2 Å². The molecule has 2 aromatic rings. The van der Waals surface area contributed by atoms with E-state index >= 15 is 0 Å². The van der Waals surface area contributed by atoms with Gasteiger partial charge in [-0.05, 0) is 29.8 Å². The van der Waals surface area contributed by atoms with Gasteiger partial charge in [-0.25, -0.2) is 0 Å². The number of rotatable bonds is 6. The summed E-state index contributed by atoms with van der Waals surface area (Å²) in [6.07, 6.45) is -4.73. The fourth-order valence-electron chi connectivity index (χ4n) is 1.97. The van der Waals surface area contributed by atoms with E-state index in [0.29, 0.717) is 16.3 Å². The molecule has 0 heterocycles. The summed E-state index contributed by atoms with van der Waals surface area (Å²) in [5.74, 6) is -0.206. The molecular weight excluding hydrogens is 359 g/mol. The fraction of sp³-hybridized carbons (Fsp3) is 0.235. The van der Waals surface area contributed by atoms with Gasteiger partial charge in [0.2, 0.25) is 0 Å². The average Bonchev–Trinajstić information content (AvgIpc) is 2.54. The number of hydrogen-bond donors (Lipinski definition) is 0. The topological polar surface area (TPSA) is 38.8 Å². The molecule has 0 aliphatic heterocycles. The van der Waals surface area contributed by atoms with E-state index in [0.717, 1.165) is 0 Å². The van der Waals surface area contributed by atoms with Gasteiger partial charge in [0.05, 0.1) is 5.02 Å². The zero-order valence-electron chi connectivity index (χ0n) is 13.2. The normalized spacial score (nSPS) is 11.1. The Bertz CT molecular complexity index is 720. The molecule has 0 fully saturated rings. The van der Waals surface area contributed by atoms with E-state index in [1.165, 1.54) is 29.2 Å². The highest BCUT2D eigenvalue weighted by molar-refractivity contribution is 6.32. The van der Waals surface area contributed by atoms with Gasteiger partial charge in [0.1, 0.15) is 11.5 Å². The minimum atomic E-state index is -4.73. The van der Waals surface area contributed by atoms with Crippen LogP contribution >= 0.6 is 11.6 Å². The summed E-state index contributed by atoms with van der Waals surface area (Å²) in [5.41, 5.74) is 0.656. The molecule has 0 radical (unpaired) electrons. The van der Waals surface area contributed by atoms with Gasteiger partial charge in [-0.3, -0.25) is 4.79 Å². The lowest BCUT2D eigenvalue weighted by Crippen LogP contribution is -2.31. The van der Waals surface area contributed by atoms with Crippen molar-refractivity contribution in [3.05, 3.63) is 59.1 Å². The third kappa shape index (κ3) is 6.19. The lowest BCUT2D eigenvalue weighted by molar-refractivity contribution is -0.274. The Morgan fingerprint density at radius 3 is 2.36 bits per heavy atom. The van der Waals surface area contributed by atoms with Crippen LogP contribution in [0.1, 0.15) is 5.56 Å². The van der Waals surface area contributed by atoms with Gasteiger partial charge < -0.3 is 14.4 Å². The molecule has 0 unspecified atom stereocenters. The van der Waals surface area contributed by atoms with E-state index in [1.54, 1.807) is 31.3 Å². The molecule has 0 saturated carbocycles. The summed E-state index contributed by atoms with van der Waals surface area (Å²) >= 11 is 5.94. The molecule has 8 heteroatoms. The van der Waals surface area contributed by atoms with Gasteiger partial charge >= 0.3 is 6.36 Å². The van der Waals surface area contributed by atoms with Gasteiger partial charge in [-0.2, -0.15) is 0 Å². The summed E-state index contributed by atoms with van der Waals surface area (Å²) in [6, 6.07) is 12.1. The number of hydrogen-bond acceptors (Lipinski definition) is 3. The first-order valence-electron chi connectivity index (χ1n) is 7.20. The number of carbonyl (C=O) groups is 1. The zero-order chi connectivity index (χ0) is 18.4. The van der Waals surface area contributed by atoms with Crippen molar-refractivity contribution in [1.29, 1.82) is 0 Å². The maximum Gasteiger partial charge on any atom is 0.573 e. The van der Waals surface area contributed by atoms with Crippen molar-refractivity contribution in [2.24, 2.45) is 0 Å². The average molecular weight is 374 g/mol. The summed E-state index contributed by atoms with van der Waals surface area (Å²) in [4.78, 5) is 13.5. The number of carbonyl (C=O) groups excluding carboxylic acids is 1. The third-order valence-electron chi connectivity index (χ3n) is 3.19. The van der Waals surface area contributed by atoms with Crippen LogP contribution < -0.4 is 9.47 Å². The number of para-hydroxylation sites is 1. The number of alkyl halides is 3. The van der Waals surface area contributed by atoms with Gasteiger partial charge in [0.25, 0.3) is 5.91 Å². The maximum atomic E-state index is 12.1. The Balaban J connectivity index is 1.87. The second kappa shape index (κ2) is 8.11. The molecule has 0 saturated heterocycles. The Hall–Kier alpha value is -2.41. The van der Waals surface area contributed by atoms with Crippen molar-refractivity contribution in [2.75, 3.05) is 13.7 Å². The summed E-state index contributed by atoms with van der Waals surface area (Å²) in [6.45, 7) is 0.0204. The largest absolute Gasteiger partial charge is 0.573 e. The maximum absolute atomic E-state index is 12.1. The molecule has 0 aliphatic rings. The standard InChI is InChI=1S/C17H15ClF3NO3/c1-22(16(23)11-24-15-5-3-2-4-14(15)18)10-12-6-8-13(9-7-12)25-17(19,20)21/h2-9H,10-11H2,1H3. The van der Waals surface area contributed by atoms with E-state index < -0.39 is 6.36 Å². The minimum absolute atomic E-state index is 0.199. The van der Waals surface area contributed by atoms with Crippen molar-refractivity contribution in [3.8, 4) is 11.5 Å². The molecule has 1 amide bonds. The van der Waals surface area contributed by atoms with Crippen molar-refractivity contribution in [3.63, 3.8) is 0 Å². The second-order valence-corrected chi connectivity index (χ2v) is 5.57. The third-order valence-corrected chi connectivity index (χ3v) is 3.50. The van der Waals surface area contributed by atoms with Crippen LogP contribution in [-0.4, -0.2) is 30.8 Å². The molecule has 134 valence electrons. The number of benzene rings is 2. The van der Waals surface area contributed by atoms with E-state index in [-0.39, 0.29) is 24.8 Å². The molecule has 25 heavy (non-hydrogen) atoms. The molecule has 2 aromatic carbocycles. The monoisotopic (exact) mass is 373 g/mol. The van der Waals surface area contributed by atoms with Gasteiger partial charge in [0.15, 0.2) is 6.61 Å². The predicted octanol–water partition coefficient (Wildman–Crippen LogP) is 4.28. The van der Waals surface area contributed by atoms with Crippen molar-refractivity contribution < 1.29 is 27.4 Å². The lowest BCUT2D eigenvalue weighted by atomic mass is 10.2. The SMILES string of the molecule is CN(Cc1ccc(OC(F)(F)F)cc1)C(=O)COc1ccccc1Cl. The van der Waals surface area contributed by atoms with Crippen molar-refractivity contribution in [2.45, 2.75) is 12.9 Å². The molecule has 0 aliphatic carbocycles. The first kappa shape index (κ1) is 18.9.